The number of carbonyl (C=O) groups is 3. The molecule has 0 saturated carbocycles. The van der Waals surface area contributed by atoms with Gasteiger partial charge in [-0.05, 0) is 33.6 Å². The van der Waals surface area contributed by atoms with E-state index in [1.807, 2.05) is 0 Å². The Labute approximate surface area is 207 Å². The summed E-state index contributed by atoms with van der Waals surface area (Å²) in [7, 11) is 0. The van der Waals surface area contributed by atoms with Crippen LogP contribution < -0.4 is 0 Å². The Morgan fingerprint density at radius 3 is 0.971 bits per heavy atom. The Balaban J connectivity index is 4.28. The van der Waals surface area contributed by atoms with Crippen LogP contribution in [0.15, 0.2) is 0 Å². The number of carboxylic acids is 3. The van der Waals surface area contributed by atoms with Crippen LogP contribution in [0.4, 0.5) is 0 Å². The molecule has 0 aliphatic heterocycles. The highest BCUT2D eigenvalue weighted by atomic mass is 16.4. The number of hydrogen-bond donors (Lipinski definition) is 3. The first-order valence-corrected chi connectivity index (χ1v) is 13.7. The summed E-state index contributed by atoms with van der Waals surface area (Å²) in [6, 6.07) is -3.35. The summed E-state index contributed by atoms with van der Waals surface area (Å²) in [6.07, 6.45) is 19.4. The van der Waals surface area contributed by atoms with Crippen LogP contribution in [0.2, 0.25) is 0 Å². The average Bonchev–Trinajstić information content (AvgIpc) is 2.80. The van der Waals surface area contributed by atoms with Gasteiger partial charge >= 0.3 is 17.9 Å². The lowest BCUT2D eigenvalue weighted by molar-refractivity contribution is -0.968. The minimum Gasteiger partial charge on any atom is -0.477 e. The minimum absolute atomic E-state index is 0.229. The molecule has 0 spiro atoms. The summed E-state index contributed by atoms with van der Waals surface area (Å²) in [4.78, 5) is 35.3. The molecule has 0 aliphatic rings. The number of hydrogen-bond acceptors (Lipinski definition) is 3. The van der Waals surface area contributed by atoms with E-state index >= 15 is 0 Å². The molecule has 0 aliphatic carbocycles. The van der Waals surface area contributed by atoms with E-state index in [0.29, 0.717) is 6.42 Å². The van der Waals surface area contributed by atoms with Crippen molar-refractivity contribution < 1.29 is 34.2 Å². The van der Waals surface area contributed by atoms with Crippen LogP contribution in [0.1, 0.15) is 130 Å². The molecule has 0 radical (unpaired) electrons. The maximum atomic E-state index is 11.8. The third kappa shape index (κ3) is 11.7. The molecular formula is C27H52NO6+. The van der Waals surface area contributed by atoms with Crippen molar-refractivity contribution in [2.24, 2.45) is 0 Å². The van der Waals surface area contributed by atoms with Crippen molar-refractivity contribution in [3.05, 3.63) is 0 Å². The van der Waals surface area contributed by atoms with Crippen LogP contribution in [-0.2, 0) is 14.4 Å². The quantitative estimate of drug-likeness (QED) is 0.112. The van der Waals surface area contributed by atoms with Gasteiger partial charge in [-0.1, -0.05) is 96.8 Å². The van der Waals surface area contributed by atoms with Gasteiger partial charge in [0.2, 0.25) is 0 Å². The molecule has 0 aromatic heterocycles. The van der Waals surface area contributed by atoms with Gasteiger partial charge in [0.1, 0.15) is 0 Å². The standard InChI is InChI=1S/C27H51NO6/c1-5-6-7-8-9-10-11-12-13-14-15-16-17-18-19-20-21-28(22(2)25(29)30,23(3)26(31)32)24(4)27(33)34/h22-24H,5-21H2,1-4H3,(H2-,29,30,31,32,33,34)/p+1. The lowest BCUT2D eigenvalue weighted by Gasteiger charge is -2.47. The fraction of sp³-hybridized carbons (Fsp3) is 0.889. The lowest BCUT2D eigenvalue weighted by Crippen LogP contribution is -2.70. The molecule has 0 bridgehead atoms. The van der Waals surface area contributed by atoms with E-state index in [1.54, 1.807) is 0 Å². The SMILES string of the molecule is CCCCCCCCCCCCCCCCCC[N+](C(C)C(=O)O)(C(C)C(=O)O)C(C)C(=O)O. The van der Waals surface area contributed by atoms with Crippen LogP contribution >= 0.6 is 0 Å². The van der Waals surface area contributed by atoms with Gasteiger partial charge in [0.15, 0.2) is 18.1 Å². The highest BCUT2D eigenvalue weighted by Gasteiger charge is 2.52. The molecule has 0 rings (SSSR count). The molecule has 0 aromatic rings. The van der Waals surface area contributed by atoms with Crippen molar-refractivity contribution in [2.75, 3.05) is 6.54 Å². The zero-order valence-corrected chi connectivity index (χ0v) is 22.3. The molecule has 3 atom stereocenters. The molecule has 0 saturated heterocycles. The van der Waals surface area contributed by atoms with E-state index < -0.39 is 40.5 Å². The molecule has 200 valence electrons. The van der Waals surface area contributed by atoms with Gasteiger partial charge < -0.3 is 15.3 Å². The second-order valence-corrected chi connectivity index (χ2v) is 10.1. The molecule has 3 unspecified atom stereocenters. The van der Waals surface area contributed by atoms with Gasteiger partial charge in [0.05, 0.1) is 6.54 Å². The van der Waals surface area contributed by atoms with Crippen molar-refractivity contribution in [1.82, 2.24) is 0 Å². The first-order chi connectivity index (χ1) is 16.1. The molecule has 0 heterocycles. The highest BCUT2D eigenvalue weighted by Crippen LogP contribution is 2.27. The Hall–Kier alpha value is -1.63. The van der Waals surface area contributed by atoms with Gasteiger partial charge in [0, 0.05) is 0 Å². The summed E-state index contributed by atoms with van der Waals surface area (Å²) in [5, 5.41) is 28.8. The van der Waals surface area contributed by atoms with Crippen molar-refractivity contribution in [2.45, 2.75) is 149 Å². The highest BCUT2D eigenvalue weighted by molar-refractivity contribution is 5.77. The second kappa shape index (κ2) is 18.7. The predicted molar refractivity (Wildman–Crippen MR) is 136 cm³/mol. The maximum Gasteiger partial charge on any atom is 0.362 e. The van der Waals surface area contributed by atoms with Gasteiger partial charge in [-0.25, -0.2) is 14.4 Å². The molecule has 0 amide bonds. The normalized spacial score (nSPS) is 15.9. The number of quaternary nitrogens is 1. The molecule has 7 heteroatoms. The van der Waals surface area contributed by atoms with E-state index in [4.69, 9.17) is 0 Å². The van der Waals surface area contributed by atoms with E-state index in [9.17, 15) is 29.7 Å². The van der Waals surface area contributed by atoms with Crippen LogP contribution in [-0.4, -0.2) is 62.4 Å². The first kappa shape index (κ1) is 32.4. The van der Waals surface area contributed by atoms with E-state index in [-0.39, 0.29) is 6.54 Å². The summed E-state index contributed by atoms with van der Waals surface area (Å²) in [5.41, 5.74) is 0. The Morgan fingerprint density at radius 1 is 0.500 bits per heavy atom. The van der Waals surface area contributed by atoms with E-state index in [2.05, 4.69) is 6.92 Å². The van der Waals surface area contributed by atoms with E-state index in [0.717, 1.165) is 19.3 Å². The molecule has 3 N–H and O–H groups in total. The van der Waals surface area contributed by atoms with Crippen molar-refractivity contribution >= 4 is 17.9 Å². The fourth-order valence-corrected chi connectivity index (χ4v) is 5.14. The van der Waals surface area contributed by atoms with Crippen LogP contribution in [0.3, 0.4) is 0 Å². The van der Waals surface area contributed by atoms with Crippen molar-refractivity contribution in [3.63, 3.8) is 0 Å². The molecular weight excluding hydrogens is 434 g/mol. The Morgan fingerprint density at radius 2 is 0.735 bits per heavy atom. The molecule has 0 fully saturated rings. The third-order valence-electron chi connectivity index (χ3n) is 7.63. The van der Waals surface area contributed by atoms with Crippen molar-refractivity contribution in [3.8, 4) is 0 Å². The zero-order chi connectivity index (χ0) is 26.0. The van der Waals surface area contributed by atoms with E-state index in [1.165, 1.54) is 97.8 Å². The number of aliphatic carboxylic acids is 3. The number of nitrogens with zero attached hydrogens (tertiary/aromatic N) is 1. The summed E-state index contributed by atoms with van der Waals surface area (Å²) < 4.78 is -0.474. The largest absolute Gasteiger partial charge is 0.477 e. The number of carboxylic acid groups (broad SMARTS) is 3. The third-order valence-corrected chi connectivity index (χ3v) is 7.63. The molecule has 7 nitrogen and oxygen atoms in total. The van der Waals surface area contributed by atoms with Gasteiger partial charge in [-0.3, -0.25) is 4.48 Å². The molecule has 0 aromatic carbocycles. The summed E-state index contributed by atoms with van der Waals surface area (Å²) >= 11 is 0. The maximum absolute atomic E-state index is 11.8. The average molecular weight is 487 g/mol. The summed E-state index contributed by atoms with van der Waals surface area (Å²) in [5.74, 6) is -3.51. The van der Waals surface area contributed by atoms with Gasteiger partial charge in [-0.2, -0.15) is 0 Å². The van der Waals surface area contributed by atoms with Crippen LogP contribution in [0.5, 0.6) is 0 Å². The molecule has 34 heavy (non-hydrogen) atoms. The minimum atomic E-state index is -1.17. The zero-order valence-electron chi connectivity index (χ0n) is 22.3. The second-order valence-electron chi connectivity index (χ2n) is 10.1. The Kier molecular flexibility index (Phi) is 17.8. The smallest absolute Gasteiger partial charge is 0.362 e. The topological polar surface area (TPSA) is 112 Å². The monoisotopic (exact) mass is 486 g/mol. The first-order valence-electron chi connectivity index (χ1n) is 13.7. The van der Waals surface area contributed by atoms with Gasteiger partial charge in [0.25, 0.3) is 0 Å². The fourth-order valence-electron chi connectivity index (χ4n) is 5.14. The summed E-state index contributed by atoms with van der Waals surface area (Å²) in [6.45, 7) is 6.75. The number of rotatable bonds is 23. The van der Waals surface area contributed by atoms with Crippen LogP contribution in [0.25, 0.3) is 0 Å². The Bertz CT molecular complexity index is 529. The van der Waals surface area contributed by atoms with Gasteiger partial charge in [-0.15, -0.1) is 0 Å². The number of unbranched alkanes of at least 4 members (excludes halogenated alkanes) is 15. The van der Waals surface area contributed by atoms with Crippen LogP contribution in [0, 0.1) is 0 Å². The predicted octanol–water partition coefficient (Wildman–Crippen LogP) is 6.48. The lowest BCUT2D eigenvalue weighted by atomic mass is 9.99. The van der Waals surface area contributed by atoms with Crippen molar-refractivity contribution in [1.29, 1.82) is 0 Å².